The van der Waals surface area contributed by atoms with Gasteiger partial charge in [-0.25, -0.2) is 0 Å². The molecule has 4 heteroatoms. The van der Waals surface area contributed by atoms with Gasteiger partial charge in [0.2, 0.25) is 0 Å². The van der Waals surface area contributed by atoms with Crippen molar-refractivity contribution in [2.24, 2.45) is 0 Å². The van der Waals surface area contributed by atoms with Crippen LogP contribution in [0.25, 0.3) is 0 Å². The highest BCUT2D eigenvalue weighted by Gasteiger charge is 2.40. The fraction of sp³-hybridized carbons (Fsp3) is 0.571. The van der Waals surface area contributed by atoms with Gasteiger partial charge in [-0.05, 0) is 37.5 Å². The maximum atomic E-state index is 10.6. The van der Waals surface area contributed by atoms with Crippen molar-refractivity contribution in [3.63, 3.8) is 0 Å². The Hall–Kier alpha value is -0.770. The Kier molecular flexibility index (Phi) is 3.00. The Morgan fingerprint density at radius 3 is 2.94 bits per heavy atom. The first-order chi connectivity index (χ1) is 8.60. The molecule has 1 fully saturated rings. The number of halogens is 1. The summed E-state index contributed by atoms with van der Waals surface area (Å²) in [5.41, 5.74) is 1.32. The quantitative estimate of drug-likeness (QED) is 0.896. The predicted molar refractivity (Wildman–Crippen MR) is 69.2 cm³/mol. The second-order valence-corrected chi connectivity index (χ2v) is 5.69. The van der Waals surface area contributed by atoms with Gasteiger partial charge in [0.1, 0.15) is 11.9 Å². The highest BCUT2D eigenvalue weighted by Crippen LogP contribution is 2.44. The number of hydrogen-bond acceptors (Lipinski definition) is 3. The minimum Gasteiger partial charge on any atom is -0.493 e. The van der Waals surface area contributed by atoms with E-state index in [0.717, 1.165) is 36.1 Å². The molecule has 1 aromatic rings. The Morgan fingerprint density at radius 2 is 2.22 bits per heavy atom. The average Bonchev–Trinajstić information content (AvgIpc) is 2.96. The summed E-state index contributed by atoms with van der Waals surface area (Å²) in [7, 11) is 0. The van der Waals surface area contributed by atoms with Crippen molar-refractivity contribution in [1.29, 1.82) is 0 Å². The lowest BCUT2D eigenvalue weighted by molar-refractivity contribution is -0.0803. The molecule has 0 bridgehead atoms. The first kappa shape index (κ1) is 12.3. The average molecular weight is 269 g/mol. The Labute approximate surface area is 112 Å². The molecule has 1 N–H and O–H groups in total. The second kappa shape index (κ2) is 4.41. The molecule has 0 aromatic heterocycles. The van der Waals surface area contributed by atoms with Gasteiger partial charge >= 0.3 is 0 Å². The smallest absolute Gasteiger partial charge is 0.128 e. The van der Waals surface area contributed by atoms with E-state index >= 15 is 0 Å². The van der Waals surface area contributed by atoms with Crippen molar-refractivity contribution >= 4 is 11.6 Å². The molecule has 0 saturated carbocycles. The van der Waals surface area contributed by atoms with E-state index in [2.05, 4.69) is 0 Å². The number of aliphatic hydroxyl groups excluding tert-OH is 1. The summed E-state index contributed by atoms with van der Waals surface area (Å²) in [6, 6.07) is 3.71. The summed E-state index contributed by atoms with van der Waals surface area (Å²) in [5.74, 6) is 0.795. The summed E-state index contributed by atoms with van der Waals surface area (Å²) in [6.45, 7) is 3.32. The molecule has 1 aromatic carbocycles. The molecule has 2 aliphatic heterocycles. The highest BCUT2D eigenvalue weighted by atomic mass is 35.5. The lowest BCUT2D eigenvalue weighted by atomic mass is 9.89. The second-order valence-electron chi connectivity index (χ2n) is 5.25. The zero-order chi connectivity index (χ0) is 12.8. The maximum Gasteiger partial charge on any atom is 0.128 e. The van der Waals surface area contributed by atoms with Crippen molar-refractivity contribution in [2.75, 3.05) is 13.2 Å². The molecule has 2 heterocycles. The van der Waals surface area contributed by atoms with Gasteiger partial charge in [0.15, 0.2) is 0 Å². The van der Waals surface area contributed by atoms with Gasteiger partial charge in [-0.3, -0.25) is 0 Å². The number of aliphatic hydroxyl groups is 1. The topological polar surface area (TPSA) is 38.7 Å². The summed E-state index contributed by atoms with van der Waals surface area (Å²) in [4.78, 5) is 0. The fourth-order valence-electron chi connectivity index (χ4n) is 2.85. The van der Waals surface area contributed by atoms with E-state index in [0.29, 0.717) is 18.2 Å². The summed E-state index contributed by atoms with van der Waals surface area (Å²) >= 11 is 6.12. The maximum absolute atomic E-state index is 10.6. The molecule has 0 spiro atoms. The van der Waals surface area contributed by atoms with E-state index in [4.69, 9.17) is 21.1 Å². The predicted octanol–water partition coefficient (Wildman–Crippen LogP) is 2.88. The van der Waals surface area contributed by atoms with E-state index in [-0.39, 0.29) is 0 Å². The van der Waals surface area contributed by atoms with E-state index in [9.17, 15) is 5.11 Å². The molecule has 2 unspecified atom stereocenters. The summed E-state index contributed by atoms with van der Waals surface area (Å²) in [5, 5.41) is 11.3. The molecular weight excluding hydrogens is 252 g/mol. The van der Waals surface area contributed by atoms with Gasteiger partial charge in [0.25, 0.3) is 0 Å². The Morgan fingerprint density at radius 1 is 1.39 bits per heavy atom. The number of ether oxygens (including phenoxy) is 2. The van der Waals surface area contributed by atoms with Gasteiger partial charge in [-0.1, -0.05) is 11.6 Å². The van der Waals surface area contributed by atoms with Crippen LogP contribution in [0, 0.1) is 0 Å². The third-order valence-electron chi connectivity index (χ3n) is 3.90. The van der Waals surface area contributed by atoms with Crippen LogP contribution in [0.5, 0.6) is 5.75 Å². The van der Waals surface area contributed by atoms with Crippen molar-refractivity contribution in [3.8, 4) is 5.75 Å². The minimum atomic E-state index is -0.689. The SMILES string of the molecule is CC1(C(O)c2cc(Cl)cc3c2OCC3)CCCO1. The van der Waals surface area contributed by atoms with Crippen molar-refractivity contribution in [1.82, 2.24) is 0 Å². The van der Waals surface area contributed by atoms with Gasteiger partial charge in [0.05, 0.1) is 12.2 Å². The van der Waals surface area contributed by atoms with Crippen LogP contribution < -0.4 is 4.74 Å². The molecule has 0 radical (unpaired) electrons. The first-order valence-electron chi connectivity index (χ1n) is 6.37. The van der Waals surface area contributed by atoms with Gasteiger partial charge in [-0.2, -0.15) is 0 Å². The van der Waals surface area contributed by atoms with E-state index in [1.165, 1.54) is 0 Å². The van der Waals surface area contributed by atoms with Crippen LogP contribution in [0.3, 0.4) is 0 Å². The molecule has 18 heavy (non-hydrogen) atoms. The molecule has 2 atom stereocenters. The third-order valence-corrected chi connectivity index (χ3v) is 4.12. The van der Waals surface area contributed by atoms with Gasteiger partial charge in [0, 0.05) is 23.6 Å². The van der Waals surface area contributed by atoms with E-state index in [1.807, 2.05) is 13.0 Å². The van der Waals surface area contributed by atoms with Gasteiger partial charge in [-0.15, -0.1) is 0 Å². The molecular formula is C14H17ClO3. The minimum absolute atomic E-state index is 0.523. The zero-order valence-electron chi connectivity index (χ0n) is 10.4. The fourth-order valence-corrected chi connectivity index (χ4v) is 3.10. The number of hydrogen-bond donors (Lipinski definition) is 1. The molecule has 3 rings (SSSR count). The van der Waals surface area contributed by atoms with Crippen LogP contribution in [0.1, 0.15) is 37.0 Å². The van der Waals surface area contributed by atoms with Crippen LogP contribution >= 0.6 is 11.6 Å². The van der Waals surface area contributed by atoms with Gasteiger partial charge < -0.3 is 14.6 Å². The third kappa shape index (κ3) is 1.91. The lowest BCUT2D eigenvalue weighted by Gasteiger charge is -2.30. The van der Waals surface area contributed by atoms with E-state index < -0.39 is 11.7 Å². The van der Waals surface area contributed by atoms with Crippen LogP contribution in [-0.4, -0.2) is 23.9 Å². The van der Waals surface area contributed by atoms with Crippen LogP contribution in [0.2, 0.25) is 5.02 Å². The summed E-state index contributed by atoms with van der Waals surface area (Å²) < 4.78 is 11.3. The van der Waals surface area contributed by atoms with Crippen LogP contribution in [-0.2, 0) is 11.2 Å². The summed E-state index contributed by atoms with van der Waals surface area (Å²) in [6.07, 6.45) is 2.00. The van der Waals surface area contributed by atoms with Crippen LogP contribution in [0.15, 0.2) is 12.1 Å². The normalized spacial score (nSPS) is 27.9. The largest absolute Gasteiger partial charge is 0.493 e. The molecule has 0 aliphatic carbocycles. The van der Waals surface area contributed by atoms with Crippen molar-refractivity contribution in [2.45, 2.75) is 37.9 Å². The Balaban J connectivity index is 2.01. The standard InChI is InChI=1S/C14H17ClO3/c1-14(4-2-5-18-14)13(16)11-8-10(15)7-9-3-6-17-12(9)11/h7-8,13,16H,2-6H2,1H3. The number of rotatable bonds is 2. The first-order valence-corrected chi connectivity index (χ1v) is 6.75. The number of benzene rings is 1. The van der Waals surface area contributed by atoms with E-state index in [1.54, 1.807) is 6.07 Å². The molecule has 98 valence electrons. The van der Waals surface area contributed by atoms with Crippen molar-refractivity contribution < 1.29 is 14.6 Å². The highest BCUT2D eigenvalue weighted by molar-refractivity contribution is 6.30. The molecule has 0 amide bonds. The number of fused-ring (bicyclic) bond motifs is 1. The van der Waals surface area contributed by atoms with Crippen molar-refractivity contribution in [3.05, 3.63) is 28.3 Å². The molecule has 2 aliphatic rings. The Bertz CT molecular complexity index is 466. The lowest BCUT2D eigenvalue weighted by Crippen LogP contribution is -2.32. The molecule has 1 saturated heterocycles. The molecule has 3 nitrogen and oxygen atoms in total. The zero-order valence-corrected chi connectivity index (χ0v) is 11.2. The monoisotopic (exact) mass is 268 g/mol. The van der Waals surface area contributed by atoms with Crippen LogP contribution in [0.4, 0.5) is 0 Å².